The number of ether oxygens (including phenoxy) is 1. The van der Waals surface area contributed by atoms with E-state index in [-0.39, 0.29) is 11.8 Å². The fourth-order valence-corrected chi connectivity index (χ4v) is 3.26. The number of carbonyl (C=O) groups is 1. The molecule has 0 radical (unpaired) electrons. The monoisotopic (exact) mass is 349 g/mol. The fourth-order valence-electron chi connectivity index (χ4n) is 3.26. The minimum Gasteiger partial charge on any atom is -0.495 e. The van der Waals surface area contributed by atoms with Crippen LogP contribution < -0.4 is 9.64 Å². The summed E-state index contributed by atoms with van der Waals surface area (Å²) in [5, 5.41) is 4.09. The largest absolute Gasteiger partial charge is 0.495 e. The molecule has 0 saturated carbocycles. The summed E-state index contributed by atoms with van der Waals surface area (Å²) >= 11 is 0. The first-order valence-electron chi connectivity index (χ1n) is 8.49. The molecule has 0 N–H and O–H groups in total. The molecule has 1 unspecified atom stereocenters. The van der Waals surface area contributed by atoms with Crippen molar-refractivity contribution in [1.29, 1.82) is 0 Å². The smallest absolute Gasteiger partial charge is 0.232 e. The van der Waals surface area contributed by atoms with Crippen LogP contribution in [0.4, 0.5) is 5.69 Å². The molecule has 132 valence electrons. The lowest BCUT2D eigenvalue weighted by atomic mass is 10.1. The van der Waals surface area contributed by atoms with Gasteiger partial charge in [-0.15, -0.1) is 0 Å². The first kappa shape index (κ1) is 16.3. The highest BCUT2D eigenvalue weighted by atomic mass is 16.5. The number of aryl methyl sites for hydroxylation is 1. The van der Waals surface area contributed by atoms with Crippen LogP contribution in [-0.2, 0) is 4.79 Å². The van der Waals surface area contributed by atoms with Crippen molar-refractivity contribution in [3.8, 4) is 17.1 Å². The molecule has 2 heterocycles. The summed E-state index contributed by atoms with van der Waals surface area (Å²) in [6, 6.07) is 15.4. The van der Waals surface area contributed by atoms with Crippen molar-refractivity contribution in [3.63, 3.8) is 0 Å². The number of amides is 1. The Bertz CT molecular complexity index is 951. The van der Waals surface area contributed by atoms with Gasteiger partial charge in [-0.25, -0.2) is 0 Å². The summed E-state index contributed by atoms with van der Waals surface area (Å²) in [5.41, 5.74) is 2.80. The van der Waals surface area contributed by atoms with Gasteiger partial charge < -0.3 is 14.2 Å². The van der Waals surface area contributed by atoms with Gasteiger partial charge in [0.05, 0.1) is 18.7 Å². The number of anilines is 1. The summed E-state index contributed by atoms with van der Waals surface area (Å²) in [4.78, 5) is 18.8. The van der Waals surface area contributed by atoms with Crippen LogP contribution in [0.5, 0.6) is 5.75 Å². The maximum absolute atomic E-state index is 12.5. The Morgan fingerprint density at radius 2 is 2.04 bits per heavy atom. The number of hydrogen-bond donors (Lipinski definition) is 0. The lowest BCUT2D eigenvalue weighted by Crippen LogP contribution is -2.24. The zero-order valence-corrected chi connectivity index (χ0v) is 14.7. The Balaban J connectivity index is 1.58. The van der Waals surface area contributed by atoms with Crippen molar-refractivity contribution in [2.24, 2.45) is 0 Å². The van der Waals surface area contributed by atoms with Crippen molar-refractivity contribution in [2.45, 2.75) is 19.3 Å². The van der Waals surface area contributed by atoms with Crippen LogP contribution in [0.1, 0.15) is 23.8 Å². The number of nitrogens with zero attached hydrogens (tertiary/aromatic N) is 3. The van der Waals surface area contributed by atoms with E-state index in [1.165, 1.54) is 0 Å². The summed E-state index contributed by atoms with van der Waals surface area (Å²) in [6.45, 7) is 2.51. The summed E-state index contributed by atoms with van der Waals surface area (Å²) in [6.07, 6.45) is 0.341. The second kappa shape index (κ2) is 6.63. The molecule has 1 aliphatic rings. The molecule has 1 fully saturated rings. The third kappa shape index (κ3) is 2.94. The Labute approximate surface area is 151 Å². The maximum atomic E-state index is 12.5. The van der Waals surface area contributed by atoms with Crippen molar-refractivity contribution in [1.82, 2.24) is 10.1 Å². The van der Waals surface area contributed by atoms with Gasteiger partial charge in [0.1, 0.15) is 5.75 Å². The number of hydrogen-bond acceptors (Lipinski definition) is 5. The van der Waals surface area contributed by atoms with E-state index < -0.39 is 0 Å². The Morgan fingerprint density at radius 3 is 2.85 bits per heavy atom. The molecule has 3 aromatic rings. The third-order valence-corrected chi connectivity index (χ3v) is 4.57. The van der Waals surface area contributed by atoms with Crippen LogP contribution in [0.25, 0.3) is 11.4 Å². The van der Waals surface area contributed by atoms with Crippen LogP contribution in [0, 0.1) is 6.92 Å². The Kier molecular flexibility index (Phi) is 4.16. The van der Waals surface area contributed by atoms with Gasteiger partial charge in [0.15, 0.2) is 0 Å². The van der Waals surface area contributed by atoms with Gasteiger partial charge in [0.2, 0.25) is 17.6 Å². The second-order valence-electron chi connectivity index (χ2n) is 6.40. The van der Waals surface area contributed by atoms with E-state index in [4.69, 9.17) is 9.26 Å². The molecule has 4 rings (SSSR count). The van der Waals surface area contributed by atoms with Gasteiger partial charge in [-0.1, -0.05) is 41.1 Å². The fraction of sp³-hybridized carbons (Fsp3) is 0.250. The highest BCUT2D eigenvalue weighted by Crippen LogP contribution is 2.36. The van der Waals surface area contributed by atoms with Gasteiger partial charge in [-0.2, -0.15) is 4.98 Å². The Morgan fingerprint density at radius 1 is 1.19 bits per heavy atom. The molecular weight excluding hydrogens is 330 g/mol. The quantitative estimate of drug-likeness (QED) is 0.720. The zero-order valence-electron chi connectivity index (χ0n) is 14.7. The number of carbonyl (C=O) groups excluding carboxylic acids is 1. The lowest BCUT2D eigenvalue weighted by molar-refractivity contribution is -0.117. The zero-order chi connectivity index (χ0) is 18.1. The molecule has 0 aliphatic carbocycles. The Hall–Kier alpha value is -3.15. The molecule has 1 aromatic heterocycles. The normalized spacial score (nSPS) is 16.9. The molecule has 0 bridgehead atoms. The molecule has 6 heteroatoms. The summed E-state index contributed by atoms with van der Waals surface area (Å²) in [7, 11) is 1.60. The standard InChI is InChI=1S/C20H19N3O3/c1-13-6-5-7-14(10-13)19-21-20(26-22-19)15-11-18(24)23(12-15)16-8-3-4-9-17(16)25-2/h3-10,15H,11-12H2,1-2H3. The number of benzene rings is 2. The first-order chi connectivity index (χ1) is 12.7. The highest BCUT2D eigenvalue weighted by Gasteiger charge is 2.36. The predicted octanol–water partition coefficient (Wildman–Crippen LogP) is 3.57. The van der Waals surface area contributed by atoms with E-state index in [0.717, 1.165) is 16.8 Å². The van der Waals surface area contributed by atoms with Gasteiger partial charge in [0.25, 0.3) is 0 Å². The molecule has 26 heavy (non-hydrogen) atoms. The van der Waals surface area contributed by atoms with Crippen molar-refractivity contribution in [3.05, 3.63) is 60.0 Å². The van der Waals surface area contributed by atoms with Gasteiger partial charge in [0, 0.05) is 18.5 Å². The maximum Gasteiger partial charge on any atom is 0.232 e. The van der Waals surface area contributed by atoms with Gasteiger partial charge in [-0.05, 0) is 25.1 Å². The summed E-state index contributed by atoms with van der Waals surface area (Å²) in [5.74, 6) is 1.61. The van der Waals surface area contributed by atoms with Crippen molar-refractivity contribution < 1.29 is 14.1 Å². The van der Waals surface area contributed by atoms with E-state index in [2.05, 4.69) is 10.1 Å². The summed E-state index contributed by atoms with van der Waals surface area (Å²) < 4.78 is 10.8. The van der Waals surface area contributed by atoms with E-state index in [1.54, 1.807) is 12.0 Å². The van der Waals surface area contributed by atoms with Crippen LogP contribution in [0.2, 0.25) is 0 Å². The van der Waals surface area contributed by atoms with Crippen LogP contribution in [0.15, 0.2) is 53.1 Å². The van der Waals surface area contributed by atoms with Crippen LogP contribution in [-0.4, -0.2) is 29.7 Å². The molecule has 6 nitrogen and oxygen atoms in total. The number of rotatable bonds is 4. The molecule has 1 amide bonds. The molecular formula is C20H19N3O3. The van der Waals surface area contributed by atoms with E-state index in [9.17, 15) is 4.79 Å². The predicted molar refractivity (Wildman–Crippen MR) is 97.2 cm³/mol. The highest BCUT2D eigenvalue weighted by molar-refractivity contribution is 5.97. The first-order valence-corrected chi connectivity index (χ1v) is 8.49. The van der Waals surface area contributed by atoms with Crippen molar-refractivity contribution >= 4 is 11.6 Å². The van der Waals surface area contributed by atoms with Gasteiger partial charge in [-0.3, -0.25) is 4.79 Å². The van der Waals surface area contributed by atoms with Crippen LogP contribution >= 0.6 is 0 Å². The topological polar surface area (TPSA) is 68.5 Å². The number of methoxy groups -OCH3 is 1. The van der Waals surface area contributed by atoms with Crippen LogP contribution in [0.3, 0.4) is 0 Å². The molecule has 0 spiro atoms. The van der Waals surface area contributed by atoms with E-state index in [0.29, 0.717) is 30.4 Å². The molecule has 2 aromatic carbocycles. The van der Waals surface area contributed by atoms with Gasteiger partial charge >= 0.3 is 0 Å². The third-order valence-electron chi connectivity index (χ3n) is 4.57. The van der Waals surface area contributed by atoms with Crippen molar-refractivity contribution in [2.75, 3.05) is 18.6 Å². The molecule has 1 atom stereocenters. The number of para-hydroxylation sites is 2. The lowest BCUT2D eigenvalue weighted by Gasteiger charge is -2.18. The second-order valence-corrected chi connectivity index (χ2v) is 6.40. The minimum absolute atomic E-state index is 0.0230. The van der Waals surface area contributed by atoms with E-state index in [1.807, 2.05) is 55.5 Å². The molecule has 1 saturated heterocycles. The average Bonchev–Trinajstić information content (AvgIpc) is 3.28. The molecule has 1 aliphatic heterocycles. The SMILES string of the molecule is COc1ccccc1N1CC(c2nc(-c3cccc(C)c3)no2)CC1=O. The average molecular weight is 349 g/mol. The van der Waals surface area contributed by atoms with E-state index >= 15 is 0 Å². The number of aromatic nitrogens is 2. The minimum atomic E-state index is -0.126.